The quantitative estimate of drug-likeness (QED) is 0.849. The van der Waals surface area contributed by atoms with Crippen LogP contribution in [0.25, 0.3) is 0 Å². The molecule has 0 bridgehead atoms. The zero-order valence-corrected chi connectivity index (χ0v) is 10.3. The van der Waals surface area contributed by atoms with Gasteiger partial charge in [-0.2, -0.15) is 0 Å². The molecule has 2 N–H and O–H groups in total. The Morgan fingerprint density at radius 3 is 2.84 bits per heavy atom. The fourth-order valence-corrected chi connectivity index (χ4v) is 1.57. The largest absolute Gasteiger partial charge is 0.476 e. The highest BCUT2D eigenvalue weighted by molar-refractivity contribution is 6.10. The highest BCUT2D eigenvalue weighted by Gasteiger charge is 2.20. The molecule has 5 nitrogen and oxygen atoms in total. The van der Waals surface area contributed by atoms with Gasteiger partial charge < -0.3 is 10.5 Å². The lowest BCUT2D eigenvalue weighted by molar-refractivity contribution is 0.103. The van der Waals surface area contributed by atoms with Gasteiger partial charge in [0.05, 0.1) is 17.9 Å². The van der Waals surface area contributed by atoms with Crippen LogP contribution >= 0.6 is 0 Å². The van der Waals surface area contributed by atoms with Crippen LogP contribution in [0, 0.1) is 5.82 Å². The Balaban J connectivity index is 2.45. The third-order valence-corrected chi connectivity index (χ3v) is 2.44. The van der Waals surface area contributed by atoms with E-state index in [0.717, 1.165) is 0 Å². The topological polar surface area (TPSA) is 78.1 Å². The van der Waals surface area contributed by atoms with E-state index in [4.69, 9.17) is 10.5 Å². The summed E-state index contributed by atoms with van der Waals surface area (Å²) in [7, 11) is 0. The summed E-state index contributed by atoms with van der Waals surface area (Å²) < 4.78 is 19.1. The molecule has 0 aliphatic carbocycles. The first-order chi connectivity index (χ1) is 9.15. The first kappa shape index (κ1) is 12.9. The number of nitrogen functional groups attached to an aromatic ring is 1. The van der Waals surface area contributed by atoms with Crippen LogP contribution in [0.15, 0.2) is 30.6 Å². The van der Waals surface area contributed by atoms with Gasteiger partial charge in [-0.15, -0.1) is 0 Å². The summed E-state index contributed by atoms with van der Waals surface area (Å²) >= 11 is 0. The van der Waals surface area contributed by atoms with Crippen molar-refractivity contribution in [3.8, 4) is 5.88 Å². The Morgan fingerprint density at radius 2 is 2.16 bits per heavy atom. The Bertz CT molecular complexity index is 617. The van der Waals surface area contributed by atoms with Crippen molar-refractivity contribution in [1.82, 2.24) is 9.97 Å². The molecule has 0 aromatic carbocycles. The lowest BCUT2D eigenvalue weighted by Gasteiger charge is -2.07. The number of pyridine rings is 2. The van der Waals surface area contributed by atoms with Crippen LogP contribution < -0.4 is 10.5 Å². The molecule has 2 rings (SSSR count). The second-order valence-electron chi connectivity index (χ2n) is 3.68. The van der Waals surface area contributed by atoms with Crippen molar-refractivity contribution in [3.05, 3.63) is 47.7 Å². The first-order valence-electron chi connectivity index (χ1n) is 5.67. The van der Waals surface area contributed by atoms with Gasteiger partial charge in [-0.25, -0.2) is 9.37 Å². The van der Waals surface area contributed by atoms with E-state index in [1.807, 2.05) is 0 Å². The lowest BCUT2D eigenvalue weighted by atomic mass is 10.1. The molecule has 0 aliphatic rings. The van der Waals surface area contributed by atoms with Crippen molar-refractivity contribution >= 4 is 11.5 Å². The smallest absolute Gasteiger partial charge is 0.251 e. The Hall–Kier alpha value is -2.50. The van der Waals surface area contributed by atoms with Gasteiger partial charge in [0.15, 0.2) is 5.82 Å². The van der Waals surface area contributed by atoms with Crippen molar-refractivity contribution in [2.24, 2.45) is 0 Å². The minimum absolute atomic E-state index is 0.00930. The molecule has 0 saturated heterocycles. The number of carbonyl (C=O) groups is 1. The van der Waals surface area contributed by atoms with Crippen LogP contribution in [0.3, 0.4) is 0 Å². The van der Waals surface area contributed by atoms with E-state index >= 15 is 0 Å². The van der Waals surface area contributed by atoms with Crippen LogP contribution in [0.4, 0.5) is 10.1 Å². The number of halogens is 1. The monoisotopic (exact) mass is 261 g/mol. The molecule has 0 aliphatic heterocycles. The van der Waals surface area contributed by atoms with Gasteiger partial charge >= 0.3 is 0 Å². The number of nitrogens with two attached hydrogens (primary N) is 1. The second kappa shape index (κ2) is 5.43. The van der Waals surface area contributed by atoms with Crippen molar-refractivity contribution < 1.29 is 13.9 Å². The summed E-state index contributed by atoms with van der Waals surface area (Å²) in [4.78, 5) is 19.8. The molecule has 0 spiro atoms. The van der Waals surface area contributed by atoms with Crippen molar-refractivity contribution in [2.45, 2.75) is 6.92 Å². The van der Waals surface area contributed by atoms with Crippen molar-refractivity contribution in [1.29, 1.82) is 0 Å². The summed E-state index contributed by atoms with van der Waals surface area (Å²) in [6, 6.07) is 4.40. The van der Waals surface area contributed by atoms with Crippen LogP contribution in [0.5, 0.6) is 5.88 Å². The minimum atomic E-state index is -0.806. The maximum atomic E-state index is 14.1. The molecule has 0 saturated carbocycles. The van der Waals surface area contributed by atoms with Crippen LogP contribution in [0.2, 0.25) is 0 Å². The summed E-state index contributed by atoms with van der Waals surface area (Å²) in [6.45, 7) is 1.96. The highest BCUT2D eigenvalue weighted by atomic mass is 19.1. The molecular weight excluding hydrogens is 249 g/mol. The zero-order valence-electron chi connectivity index (χ0n) is 10.3. The van der Waals surface area contributed by atoms with Gasteiger partial charge in [0, 0.05) is 12.4 Å². The summed E-state index contributed by atoms with van der Waals surface area (Å²) in [5.41, 5.74) is 5.70. The van der Waals surface area contributed by atoms with E-state index in [9.17, 15) is 9.18 Å². The van der Waals surface area contributed by atoms with E-state index in [1.54, 1.807) is 13.0 Å². The molecule has 0 atom stereocenters. The minimum Gasteiger partial charge on any atom is -0.476 e. The Morgan fingerprint density at radius 1 is 1.37 bits per heavy atom. The van der Waals surface area contributed by atoms with Gasteiger partial charge in [0.2, 0.25) is 5.78 Å². The number of nitrogens with zero attached hydrogens (tertiary/aromatic N) is 2. The number of carbonyl (C=O) groups excluding carboxylic acids is 1. The number of hydrogen-bond donors (Lipinski definition) is 1. The highest BCUT2D eigenvalue weighted by Crippen LogP contribution is 2.21. The molecule has 0 fully saturated rings. The molecule has 2 aromatic rings. The van der Waals surface area contributed by atoms with E-state index in [2.05, 4.69) is 9.97 Å². The molecule has 0 radical (unpaired) electrons. The molecule has 0 amide bonds. The maximum Gasteiger partial charge on any atom is 0.251 e. The molecule has 2 aromatic heterocycles. The number of ketones is 1. The number of anilines is 1. The predicted octanol–water partition coefficient (Wildman–Crippen LogP) is 1.83. The number of aromatic nitrogens is 2. The van der Waals surface area contributed by atoms with Gasteiger partial charge in [-0.1, -0.05) is 0 Å². The lowest BCUT2D eigenvalue weighted by Crippen LogP contribution is -2.11. The van der Waals surface area contributed by atoms with E-state index < -0.39 is 11.6 Å². The third kappa shape index (κ3) is 2.52. The van der Waals surface area contributed by atoms with E-state index in [1.165, 1.54) is 24.5 Å². The Labute approximate surface area is 109 Å². The summed E-state index contributed by atoms with van der Waals surface area (Å²) in [5, 5.41) is 0. The summed E-state index contributed by atoms with van der Waals surface area (Å²) in [5.74, 6) is -1.61. The van der Waals surface area contributed by atoms with Gasteiger partial charge in [0.25, 0.3) is 5.88 Å². The fourth-order valence-electron chi connectivity index (χ4n) is 1.57. The molecule has 0 unspecified atom stereocenters. The number of rotatable bonds is 4. The molecule has 19 heavy (non-hydrogen) atoms. The second-order valence-corrected chi connectivity index (χ2v) is 3.68. The average molecular weight is 261 g/mol. The SMILES string of the molecule is CCOc1nccc(C(=O)c2ncccc2N)c1F. The predicted molar refractivity (Wildman–Crippen MR) is 67.4 cm³/mol. The van der Waals surface area contributed by atoms with Gasteiger partial charge in [0.1, 0.15) is 5.69 Å². The molecular formula is C13H12FN3O2. The van der Waals surface area contributed by atoms with Crippen LogP contribution in [-0.4, -0.2) is 22.4 Å². The zero-order chi connectivity index (χ0) is 13.8. The molecule has 98 valence electrons. The number of hydrogen-bond acceptors (Lipinski definition) is 5. The van der Waals surface area contributed by atoms with Crippen LogP contribution in [-0.2, 0) is 0 Å². The van der Waals surface area contributed by atoms with Crippen molar-refractivity contribution in [3.63, 3.8) is 0 Å². The standard InChI is InChI=1S/C13H12FN3O2/c1-2-19-13-10(14)8(5-7-17-13)12(18)11-9(15)4-3-6-16-11/h3-7H,2,15H2,1H3. The normalized spacial score (nSPS) is 10.2. The van der Waals surface area contributed by atoms with E-state index in [0.29, 0.717) is 0 Å². The maximum absolute atomic E-state index is 14.1. The van der Waals surface area contributed by atoms with Crippen molar-refractivity contribution in [2.75, 3.05) is 12.3 Å². The first-order valence-corrected chi connectivity index (χ1v) is 5.67. The Kier molecular flexibility index (Phi) is 3.70. The van der Waals surface area contributed by atoms with E-state index in [-0.39, 0.29) is 29.4 Å². The molecule has 2 heterocycles. The average Bonchev–Trinajstić information content (AvgIpc) is 2.41. The molecule has 6 heteroatoms. The van der Waals surface area contributed by atoms with Gasteiger partial charge in [-0.05, 0) is 25.1 Å². The third-order valence-electron chi connectivity index (χ3n) is 2.44. The van der Waals surface area contributed by atoms with Gasteiger partial charge in [-0.3, -0.25) is 9.78 Å². The van der Waals surface area contributed by atoms with Crippen LogP contribution in [0.1, 0.15) is 23.0 Å². The summed E-state index contributed by atoms with van der Waals surface area (Å²) in [6.07, 6.45) is 2.73. The fraction of sp³-hybridized carbons (Fsp3) is 0.154. The number of ether oxygens (including phenoxy) is 1.